The number of benzene rings is 2. The Morgan fingerprint density at radius 2 is 1.81 bits per heavy atom. The van der Waals surface area contributed by atoms with Crippen LogP contribution in [0.1, 0.15) is 12.0 Å². The molecule has 0 heterocycles. The van der Waals surface area contributed by atoms with Gasteiger partial charge in [-0.05, 0) is 36.6 Å². The predicted molar refractivity (Wildman–Crippen MR) is 82.5 cm³/mol. The maximum atomic E-state index is 12.1. The number of sulfonamides is 1. The smallest absolute Gasteiger partial charge is 0.240 e. The largest absolute Gasteiger partial charge is 0.506 e. The van der Waals surface area contributed by atoms with Gasteiger partial charge >= 0.3 is 0 Å². The van der Waals surface area contributed by atoms with Crippen LogP contribution in [0.5, 0.6) is 5.75 Å². The number of phenols is 1. The van der Waals surface area contributed by atoms with Crippen molar-refractivity contribution < 1.29 is 13.5 Å². The first kappa shape index (κ1) is 15.3. The second-order valence-electron chi connectivity index (χ2n) is 4.71. The highest BCUT2D eigenvalue weighted by Gasteiger charge is 2.14. The van der Waals surface area contributed by atoms with Crippen LogP contribution in [-0.2, 0) is 16.4 Å². The average Bonchev–Trinajstić information content (AvgIpc) is 2.47. The molecule has 0 saturated carbocycles. The van der Waals surface area contributed by atoms with E-state index in [0.717, 1.165) is 6.42 Å². The summed E-state index contributed by atoms with van der Waals surface area (Å²) in [4.78, 5) is 0.0533. The summed E-state index contributed by atoms with van der Waals surface area (Å²) in [6.07, 6.45) is 1.51. The number of aromatic hydroxyl groups is 1. The SMILES string of the molecule is Nc1cc(S(=O)(=O)NCCCc2ccccc2)ccc1O. The van der Waals surface area contributed by atoms with E-state index in [4.69, 9.17) is 5.73 Å². The zero-order chi connectivity index (χ0) is 15.3. The minimum atomic E-state index is -3.60. The van der Waals surface area contributed by atoms with Gasteiger partial charge in [0.15, 0.2) is 0 Å². The Bertz CT molecular complexity index is 700. The monoisotopic (exact) mass is 306 g/mol. The molecule has 0 aromatic heterocycles. The Morgan fingerprint density at radius 3 is 2.48 bits per heavy atom. The number of anilines is 1. The van der Waals surface area contributed by atoms with Gasteiger partial charge in [-0.25, -0.2) is 13.1 Å². The van der Waals surface area contributed by atoms with Crippen LogP contribution in [0.3, 0.4) is 0 Å². The van der Waals surface area contributed by atoms with Gasteiger partial charge in [-0.2, -0.15) is 0 Å². The van der Waals surface area contributed by atoms with E-state index in [-0.39, 0.29) is 16.3 Å². The first-order chi connectivity index (χ1) is 9.99. The van der Waals surface area contributed by atoms with Gasteiger partial charge < -0.3 is 10.8 Å². The van der Waals surface area contributed by atoms with E-state index < -0.39 is 10.0 Å². The average molecular weight is 306 g/mol. The van der Waals surface area contributed by atoms with Gasteiger partial charge in [-0.1, -0.05) is 30.3 Å². The third-order valence-corrected chi connectivity index (χ3v) is 4.55. The van der Waals surface area contributed by atoms with Crippen molar-refractivity contribution in [1.29, 1.82) is 0 Å². The second kappa shape index (κ2) is 6.60. The summed E-state index contributed by atoms with van der Waals surface area (Å²) in [6.45, 7) is 0.345. The Hall–Kier alpha value is -2.05. The highest BCUT2D eigenvalue weighted by Crippen LogP contribution is 2.22. The number of nitrogen functional groups attached to an aromatic ring is 1. The molecule has 21 heavy (non-hydrogen) atoms. The van der Waals surface area contributed by atoms with Crippen molar-refractivity contribution in [3.05, 3.63) is 54.1 Å². The molecule has 4 N–H and O–H groups in total. The fourth-order valence-electron chi connectivity index (χ4n) is 1.93. The van der Waals surface area contributed by atoms with E-state index in [2.05, 4.69) is 4.72 Å². The number of aryl methyl sites for hydroxylation is 1. The van der Waals surface area contributed by atoms with Gasteiger partial charge in [0.05, 0.1) is 10.6 Å². The molecule has 2 rings (SSSR count). The number of hydrogen-bond donors (Lipinski definition) is 3. The molecule has 0 aliphatic heterocycles. The van der Waals surface area contributed by atoms with Crippen LogP contribution in [0.4, 0.5) is 5.69 Å². The van der Waals surface area contributed by atoms with E-state index in [1.54, 1.807) is 0 Å². The van der Waals surface area contributed by atoms with Gasteiger partial charge in [0, 0.05) is 6.54 Å². The Labute approximate surface area is 124 Å². The summed E-state index contributed by atoms with van der Waals surface area (Å²) in [5, 5.41) is 9.31. The molecule has 0 bridgehead atoms. The third kappa shape index (κ3) is 4.21. The van der Waals surface area contributed by atoms with E-state index >= 15 is 0 Å². The van der Waals surface area contributed by atoms with Crippen LogP contribution in [0.25, 0.3) is 0 Å². The number of hydrogen-bond acceptors (Lipinski definition) is 4. The third-order valence-electron chi connectivity index (χ3n) is 3.09. The molecule has 2 aromatic rings. The normalized spacial score (nSPS) is 11.4. The minimum absolute atomic E-state index is 0.0437. The fourth-order valence-corrected chi connectivity index (χ4v) is 3.04. The lowest BCUT2D eigenvalue weighted by atomic mass is 10.1. The molecule has 0 radical (unpaired) electrons. The molecule has 6 heteroatoms. The Morgan fingerprint density at radius 1 is 1.10 bits per heavy atom. The van der Waals surface area contributed by atoms with Crippen molar-refractivity contribution >= 4 is 15.7 Å². The van der Waals surface area contributed by atoms with E-state index in [0.29, 0.717) is 13.0 Å². The lowest BCUT2D eigenvalue weighted by Crippen LogP contribution is -2.25. The van der Waals surface area contributed by atoms with Crippen molar-refractivity contribution in [3.8, 4) is 5.75 Å². The molecule has 0 atom stereocenters. The molecular formula is C15H18N2O3S. The molecule has 0 fully saturated rings. The summed E-state index contributed by atoms with van der Waals surface area (Å²) < 4.78 is 26.6. The summed E-state index contributed by atoms with van der Waals surface area (Å²) in [5.41, 5.74) is 6.72. The Kier molecular flexibility index (Phi) is 4.82. The topological polar surface area (TPSA) is 92.4 Å². The van der Waals surface area contributed by atoms with Gasteiger partial charge in [-0.15, -0.1) is 0 Å². The zero-order valence-corrected chi connectivity index (χ0v) is 12.3. The van der Waals surface area contributed by atoms with Crippen molar-refractivity contribution in [3.63, 3.8) is 0 Å². The van der Waals surface area contributed by atoms with Crippen molar-refractivity contribution in [1.82, 2.24) is 4.72 Å². The number of rotatable bonds is 6. The minimum Gasteiger partial charge on any atom is -0.506 e. The first-order valence-electron chi connectivity index (χ1n) is 6.61. The lowest BCUT2D eigenvalue weighted by Gasteiger charge is -2.08. The lowest BCUT2D eigenvalue weighted by molar-refractivity contribution is 0.477. The van der Waals surface area contributed by atoms with Crippen LogP contribution >= 0.6 is 0 Å². The highest BCUT2D eigenvalue weighted by molar-refractivity contribution is 7.89. The van der Waals surface area contributed by atoms with Gasteiger partial charge in [0.1, 0.15) is 5.75 Å². The number of nitrogens with two attached hydrogens (primary N) is 1. The van der Waals surface area contributed by atoms with Gasteiger partial charge in [0.25, 0.3) is 0 Å². The molecule has 2 aromatic carbocycles. The molecule has 0 amide bonds. The summed E-state index contributed by atoms with van der Waals surface area (Å²) >= 11 is 0. The standard InChI is InChI=1S/C15H18N2O3S/c16-14-11-13(8-9-15(14)18)21(19,20)17-10-4-7-12-5-2-1-3-6-12/h1-3,5-6,8-9,11,17-18H,4,7,10,16H2. The molecule has 5 nitrogen and oxygen atoms in total. The molecule has 0 spiro atoms. The quantitative estimate of drug-likeness (QED) is 0.431. The molecule has 112 valence electrons. The molecular weight excluding hydrogens is 288 g/mol. The zero-order valence-electron chi connectivity index (χ0n) is 11.5. The fraction of sp³-hybridized carbons (Fsp3) is 0.200. The number of phenolic OH excluding ortho intramolecular Hbond substituents is 1. The molecule has 0 aliphatic rings. The molecule has 0 unspecified atom stereocenters. The molecule has 0 aliphatic carbocycles. The first-order valence-corrected chi connectivity index (χ1v) is 8.09. The van der Waals surface area contributed by atoms with Crippen LogP contribution in [0.2, 0.25) is 0 Å². The maximum Gasteiger partial charge on any atom is 0.240 e. The van der Waals surface area contributed by atoms with E-state index in [9.17, 15) is 13.5 Å². The maximum absolute atomic E-state index is 12.1. The van der Waals surface area contributed by atoms with Crippen LogP contribution in [-0.4, -0.2) is 20.1 Å². The molecule has 0 saturated heterocycles. The van der Waals surface area contributed by atoms with Crippen LogP contribution < -0.4 is 10.5 Å². The van der Waals surface area contributed by atoms with Crippen molar-refractivity contribution in [2.75, 3.05) is 12.3 Å². The van der Waals surface area contributed by atoms with Gasteiger partial charge in [0.2, 0.25) is 10.0 Å². The van der Waals surface area contributed by atoms with Crippen molar-refractivity contribution in [2.24, 2.45) is 0 Å². The number of nitrogens with one attached hydrogen (secondary N) is 1. The van der Waals surface area contributed by atoms with E-state index in [1.165, 1.54) is 23.8 Å². The summed E-state index contributed by atoms with van der Waals surface area (Å²) in [7, 11) is -3.60. The Balaban J connectivity index is 1.91. The van der Waals surface area contributed by atoms with E-state index in [1.807, 2.05) is 30.3 Å². The van der Waals surface area contributed by atoms with Crippen LogP contribution in [0, 0.1) is 0 Å². The predicted octanol–water partition coefficient (Wildman–Crippen LogP) is 1.89. The van der Waals surface area contributed by atoms with Crippen LogP contribution in [0.15, 0.2) is 53.4 Å². The van der Waals surface area contributed by atoms with Gasteiger partial charge in [-0.3, -0.25) is 0 Å². The summed E-state index contributed by atoms with van der Waals surface area (Å²) in [5.74, 6) is -0.127. The van der Waals surface area contributed by atoms with Crippen molar-refractivity contribution in [2.45, 2.75) is 17.7 Å². The highest BCUT2D eigenvalue weighted by atomic mass is 32.2. The summed E-state index contributed by atoms with van der Waals surface area (Å²) in [6, 6.07) is 13.7. The second-order valence-corrected chi connectivity index (χ2v) is 6.47.